The lowest BCUT2D eigenvalue weighted by Gasteiger charge is -2.16. The summed E-state index contributed by atoms with van der Waals surface area (Å²) in [6, 6.07) is 11.0. The van der Waals surface area contributed by atoms with Crippen LogP contribution in [0, 0.1) is 11.3 Å². The number of hydrogen-bond donors (Lipinski definition) is 1. The molecule has 7 nitrogen and oxygen atoms in total. The molecule has 0 unspecified atom stereocenters. The number of alkyl halides is 2. The van der Waals surface area contributed by atoms with E-state index in [4.69, 9.17) is 14.7 Å². The Hall–Kier alpha value is -3.67. The third kappa shape index (κ3) is 3.69. The van der Waals surface area contributed by atoms with Crippen molar-refractivity contribution < 1.29 is 32.6 Å². The lowest BCUT2D eigenvalue weighted by atomic mass is 9.95. The summed E-state index contributed by atoms with van der Waals surface area (Å²) in [6.07, 6.45) is -0.339. The fraction of sp³-hybridized carbons (Fsp3) is 0.250. The number of carbonyl (C=O) groups is 2. The highest BCUT2D eigenvalue weighted by Crippen LogP contribution is 2.41. The average molecular weight is 400 g/mol. The van der Waals surface area contributed by atoms with Crippen LogP contribution in [-0.4, -0.2) is 24.7 Å². The minimum absolute atomic E-state index is 0.0443. The highest BCUT2D eigenvalue weighted by molar-refractivity contribution is 6.00. The normalized spacial score (nSPS) is 20.1. The standard InChI is InChI=1S/C20H14F2N2O5/c21-19(22)28-16-7-10(9-23)1-6-15(16)27-12-3-5-13-11(8-12)2-4-14(13)17-18(25)24-20(26)29-17/h1,3,5-8,14,17,19H,2,4H2,(H,24,25,26)/t14-,17-/m1/s1. The molecular weight excluding hydrogens is 386 g/mol. The molecule has 2 aromatic rings. The molecule has 0 spiro atoms. The Kier molecular flexibility index (Phi) is 4.76. The van der Waals surface area contributed by atoms with E-state index in [9.17, 15) is 18.4 Å². The molecule has 1 saturated heterocycles. The molecule has 1 fully saturated rings. The van der Waals surface area contributed by atoms with Crippen molar-refractivity contribution in [3.05, 3.63) is 53.1 Å². The van der Waals surface area contributed by atoms with Crippen LogP contribution < -0.4 is 14.8 Å². The molecule has 29 heavy (non-hydrogen) atoms. The number of alkyl carbamates (subject to hydrolysis) is 1. The molecule has 4 rings (SSSR count). The van der Waals surface area contributed by atoms with Crippen LogP contribution in [0.5, 0.6) is 17.2 Å². The lowest BCUT2D eigenvalue weighted by molar-refractivity contribution is -0.124. The molecule has 1 aliphatic carbocycles. The molecule has 2 aromatic carbocycles. The van der Waals surface area contributed by atoms with E-state index in [2.05, 4.69) is 10.1 Å². The minimum Gasteiger partial charge on any atom is -0.453 e. The number of nitrogens with one attached hydrogen (secondary N) is 1. The summed E-state index contributed by atoms with van der Waals surface area (Å²) in [6.45, 7) is -3.06. The van der Waals surface area contributed by atoms with Crippen LogP contribution >= 0.6 is 0 Å². The molecule has 0 radical (unpaired) electrons. The second-order valence-electron chi connectivity index (χ2n) is 6.57. The molecular formula is C20H14F2N2O5. The number of rotatable bonds is 5. The Bertz CT molecular complexity index is 1030. The number of halogens is 2. The first-order valence-corrected chi connectivity index (χ1v) is 8.75. The van der Waals surface area contributed by atoms with Crippen LogP contribution in [0.2, 0.25) is 0 Å². The zero-order valence-electron chi connectivity index (χ0n) is 14.9. The SMILES string of the molecule is N#Cc1ccc(Oc2ccc3c(c2)CC[C@H]3[C@H]2OC(=O)NC2=O)c(OC(F)F)c1. The predicted octanol–water partition coefficient (Wildman–Crippen LogP) is 3.62. The number of ether oxygens (including phenoxy) is 3. The van der Waals surface area contributed by atoms with Crippen molar-refractivity contribution >= 4 is 12.0 Å². The number of cyclic esters (lactones) is 1. The van der Waals surface area contributed by atoms with Crippen LogP contribution in [0.25, 0.3) is 0 Å². The smallest absolute Gasteiger partial charge is 0.414 e. The predicted molar refractivity (Wildman–Crippen MR) is 93.8 cm³/mol. The monoisotopic (exact) mass is 400 g/mol. The number of nitrogens with zero attached hydrogens (tertiary/aromatic N) is 1. The van der Waals surface area contributed by atoms with Gasteiger partial charge in [0.05, 0.1) is 11.6 Å². The fourth-order valence-corrected chi connectivity index (χ4v) is 3.62. The van der Waals surface area contributed by atoms with Gasteiger partial charge in [0.1, 0.15) is 5.75 Å². The van der Waals surface area contributed by atoms with E-state index in [-0.39, 0.29) is 23.0 Å². The van der Waals surface area contributed by atoms with Gasteiger partial charge in [-0.05, 0) is 48.2 Å². The maximum absolute atomic E-state index is 12.7. The zero-order chi connectivity index (χ0) is 20.5. The minimum atomic E-state index is -3.06. The maximum atomic E-state index is 12.7. The van der Waals surface area contributed by atoms with Crippen molar-refractivity contribution in [1.82, 2.24) is 5.32 Å². The molecule has 0 aromatic heterocycles. The summed E-state index contributed by atoms with van der Waals surface area (Å²) in [7, 11) is 0. The summed E-state index contributed by atoms with van der Waals surface area (Å²) in [5.74, 6) is -0.520. The number of nitriles is 1. The van der Waals surface area contributed by atoms with Crippen molar-refractivity contribution in [2.24, 2.45) is 0 Å². The Morgan fingerprint density at radius 2 is 2.00 bits per heavy atom. The van der Waals surface area contributed by atoms with E-state index in [1.54, 1.807) is 18.2 Å². The number of imide groups is 1. The Labute approximate surface area is 163 Å². The van der Waals surface area contributed by atoms with E-state index in [0.717, 1.165) is 11.1 Å². The van der Waals surface area contributed by atoms with Gasteiger partial charge >= 0.3 is 12.7 Å². The van der Waals surface area contributed by atoms with Gasteiger partial charge in [-0.2, -0.15) is 14.0 Å². The second kappa shape index (κ2) is 7.39. The molecule has 2 atom stereocenters. The van der Waals surface area contributed by atoms with Crippen LogP contribution in [0.3, 0.4) is 0 Å². The van der Waals surface area contributed by atoms with Gasteiger partial charge in [0.2, 0.25) is 0 Å². The average Bonchev–Trinajstić information content (AvgIpc) is 3.24. The molecule has 1 N–H and O–H groups in total. The maximum Gasteiger partial charge on any atom is 0.414 e. The third-order valence-electron chi connectivity index (χ3n) is 4.84. The zero-order valence-corrected chi connectivity index (χ0v) is 14.9. The quantitative estimate of drug-likeness (QED) is 0.823. The largest absolute Gasteiger partial charge is 0.453 e. The molecule has 148 valence electrons. The van der Waals surface area contributed by atoms with Gasteiger partial charge in [0.15, 0.2) is 17.6 Å². The number of fused-ring (bicyclic) bond motifs is 1. The topological polar surface area (TPSA) is 97.6 Å². The first-order valence-electron chi connectivity index (χ1n) is 8.75. The van der Waals surface area contributed by atoms with Crippen molar-refractivity contribution in [3.8, 4) is 23.3 Å². The molecule has 1 heterocycles. The van der Waals surface area contributed by atoms with E-state index in [1.807, 2.05) is 6.07 Å². The van der Waals surface area contributed by atoms with Gasteiger partial charge in [-0.1, -0.05) is 6.07 Å². The molecule has 0 bridgehead atoms. The van der Waals surface area contributed by atoms with E-state index in [1.165, 1.54) is 18.2 Å². The number of carbonyl (C=O) groups excluding carboxylic acids is 2. The number of aryl methyl sites for hydroxylation is 1. The fourth-order valence-electron chi connectivity index (χ4n) is 3.62. The van der Waals surface area contributed by atoms with Gasteiger partial charge in [-0.25, -0.2) is 4.79 Å². The van der Waals surface area contributed by atoms with Gasteiger partial charge in [0.25, 0.3) is 5.91 Å². The van der Waals surface area contributed by atoms with Crippen molar-refractivity contribution in [1.29, 1.82) is 5.26 Å². The number of hydrogen-bond acceptors (Lipinski definition) is 6. The second-order valence-corrected chi connectivity index (χ2v) is 6.57. The summed E-state index contributed by atoms with van der Waals surface area (Å²) in [4.78, 5) is 23.2. The van der Waals surface area contributed by atoms with Crippen molar-refractivity contribution in [3.63, 3.8) is 0 Å². The molecule has 0 saturated carbocycles. The summed E-state index contributed by atoms with van der Waals surface area (Å²) >= 11 is 0. The Morgan fingerprint density at radius 1 is 1.17 bits per heavy atom. The van der Waals surface area contributed by atoms with Gasteiger partial charge < -0.3 is 14.2 Å². The first kappa shape index (κ1) is 18.7. The van der Waals surface area contributed by atoms with Crippen LogP contribution in [-0.2, 0) is 16.0 Å². The number of benzene rings is 2. The third-order valence-corrected chi connectivity index (χ3v) is 4.84. The van der Waals surface area contributed by atoms with Crippen LogP contribution in [0.1, 0.15) is 29.0 Å². The van der Waals surface area contributed by atoms with Crippen molar-refractivity contribution in [2.45, 2.75) is 31.5 Å². The molecule has 9 heteroatoms. The van der Waals surface area contributed by atoms with E-state index >= 15 is 0 Å². The summed E-state index contributed by atoms with van der Waals surface area (Å²) < 4.78 is 40.6. The Balaban J connectivity index is 1.57. The molecule has 1 aliphatic heterocycles. The van der Waals surface area contributed by atoms with Gasteiger partial charge in [0, 0.05) is 12.0 Å². The highest BCUT2D eigenvalue weighted by Gasteiger charge is 2.42. The summed E-state index contributed by atoms with van der Waals surface area (Å²) in [5.41, 5.74) is 1.94. The van der Waals surface area contributed by atoms with Gasteiger partial charge in [-0.3, -0.25) is 10.1 Å². The molecule has 2 aliphatic rings. The van der Waals surface area contributed by atoms with Crippen molar-refractivity contribution in [2.75, 3.05) is 0 Å². The lowest BCUT2D eigenvalue weighted by Crippen LogP contribution is -2.28. The Morgan fingerprint density at radius 3 is 2.69 bits per heavy atom. The van der Waals surface area contributed by atoms with E-state index < -0.39 is 24.7 Å². The van der Waals surface area contributed by atoms with Crippen LogP contribution in [0.15, 0.2) is 36.4 Å². The first-order chi connectivity index (χ1) is 13.9. The van der Waals surface area contributed by atoms with Gasteiger partial charge in [-0.15, -0.1) is 0 Å². The van der Waals surface area contributed by atoms with Crippen LogP contribution in [0.4, 0.5) is 13.6 Å². The number of amides is 2. The summed E-state index contributed by atoms with van der Waals surface area (Å²) in [5, 5.41) is 11.1. The molecule has 2 amide bonds. The highest BCUT2D eigenvalue weighted by atomic mass is 19.3. The van der Waals surface area contributed by atoms with E-state index in [0.29, 0.717) is 18.6 Å².